The van der Waals surface area contributed by atoms with Crippen LogP contribution in [0.3, 0.4) is 0 Å². The Labute approximate surface area is 179 Å². The van der Waals surface area contributed by atoms with E-state index >= 15 is 0 Å². The Bertz CT molecular complexity index is 967. The fourth-order valence-electron chi connectivity index (χ4n) is 2.78. The molecule has 1 N–H and O–H groups in total. The van der Waals surface area contributed by atoms with Gasteiger partial charge in [-0.25, -0.2) is 0 Å². The van der Waals surface area contributed by atoms with Crippen molar-refractivity contribution < 1.29 is 14.1 Å². The van der Waals surface area contributed by atoms with Gasteiger partial charge in [-0.05, 0) is 25.0 Å². The summed E-state index contributed by atoms with van der Waals surface area (Å²) >= 11 is 12.4. The van der Waals surface area contributed by atoms with E-state index in [0.717, 1.165) is 5.56 Å². The minimum atomic E-state index is -0.475. The summed E-state index contributed by atoms with van der Waals surface area (Å²) in [6.07, 6.45) is 0. The average Bonchev–Trinajstić information content (AvgIpc) is 3.18. The lowest BCUT2D eigenvalue weighted by atomic mass is 10.0. The van der Waals surface area contributed by atoms with E-state index in [4.69, 9.17) is 32.5 Å². The van der Waals surface area contributed by atoms with Crippen molar-refractivity contribution in [2.45, 2.75) is 26.8 Å². The fourth-order valence-corrected chi connectivity index (χ4v) is 3.37. The van der Waals surface area contributed by atoms with Crippen molar-refractivity contribution in [3.63, 3.8) is 0 Å². The summed E-state index contributed by atoms with van der Waals surface area (Å²) in [5.41, 5.74) is 1.15. The number of rotatable bonds is 7. The number of nitrogens with zero attached hydrogens (tertiary/aromatic N) is 2. The van der Waals surface area contributed by atoms with Gasteiger partial charge in [-0.3, -0.25) is 4.79 Å². The van der Waals surface area contributed by atoms with Crippen molar-refractivity contribution in [3.8, 4) is 17.1 Å². The van der Waals surface area contributed by atoms with E-state index in [9.17, 15) is 4.79 Å². The SMILES string of the molecule is CCOc1c(Cl)cc(C(=O)N[C@@H](c2nc(-c3ccccc3)no2)C(C)C)cc1Cl. The largest absolute Gasteiger partial charge is 0.491 e. The molecule has 1 amide bonds. The maximum Gasteiger partial charge on any atom is 0.252 e. The van der Waals surface area contributed by atoms with Gasteiger partial charge >= 0.3 is 0 Å². The maximum atomic E-state index is 12.8. The van der Waals surface area contributed by atoms with Crippen molar-refractivity contribution in [1.82, 2.24) is 15.5 Å². The minimum Gasteiger partial charge on any atom is -0.491 e. The van der Waals surface area contributed by atoms with Crippen LogP contribution in [-0.4, -0.2) is 22.7 Å². The molecule has 0 bridgehead atoms. The lowest BCUT2D eigenvalue weighted by Crippen LogP contribution is -2.32. The number of carbonyl (C=O) groups is 1. The Morgan fingerprint density at radius 1 is 1.17 bits per heavy atom. The van der Waals surface area contributed by atoms with Crippen LogP contribution < -0.4 is 10.1 Å². The number of amides is 1. The van der Waals surface area contributed by atoms with Crippen LogP contribution in [0.25, 0.3) is 11.4 Å². The van der Waals surface area contributed by atoms with E-state index in [1.54, 1.807) is 0 Å². The molecule has 29 heavy (non-hydrogen) atoms. The number of nitrogens with one attached hydrogen (secondary N) is 1. The number of ether oxygens (including phenoxy) is 1. The van der Waals surface area contributed by atoms with Crippen molar-refractivity contribution in [3.05, 3.63) is 64.0 Å². The number of carbonyl (C=O) groups excluding carboxylic acids is 1. The van der Waals surface area contributed by atoms with E-state index in [1.807, 2.05) is 51.1 Å². The molecule has 8 heteroatoms. The quantitative estimate of drug-likeness (QED) is 0.526. The Morgan fingerprint density at radius 3 is 2.41 bits per heavy atom. The molecule has 152 valence electrons. The predicted molar refractivity (Wildman–Crippen MR) is 112 cm³/mol. The summed E-state index contributed by atoms with van der Waals surface area (Å²) in [6.45, 7) is 6.15. The molecule has 0 aliphatic rings. The van der Waals surface area contributed by atoms with Gasteiger partial charge in [-0.15, -0.1) is 0 Å². The first-order valence-electron chi connectivity index (χ1n) is 9.22. The Morgan fingerprint density at radius 2 is 1.83 bits per heavy atom. The predicted octanol–water partition coefficient (Wildman–Crippen LogP) is 5.57. The van der Waals surface area contributed by atoms with Crippen molar-refractivity contribution in [2.75, 3.05) is 6.61 Å². The normalized spacial score (nSPS) is 12.1. The zero-order valence-corrected chi connectivity index (χ0v) is 17.8. The number of aromatic nitrogens is 2. The highest BCUT2D eigenvalue weighted by molar-refractivity contribution is 6.37. The standard InChI is InChI=1S/C21H21Cl2N3O3/c1-4-28-18-15(22)10-14(11-16(18)23)20(27)24-17(12(2)3)21-25-19(26-29-21)13-8-6-5-7-9-13/h5-12,17H,4H2,1-3H3,(H,24,27)/t17-/m1/s1. The van der Waals surface area contributed by atoms with E-state index < -0.39 is 6.04 Å². The molecule has 1 aromatic heterocycles. The first-order chi connectivity index (χ1) is 13.9. The van der Waals surface area contributed by atoms with Gasteiger partial charge < -0.3 is 14.6 Å². The van der Waals surface area contributed by atoms with E-state index in [2.05, 4.69) is 15.5 Å². The molecule has 3 rings (SSSR count). The van der Waals surface area contributed by atoms with Crippen LogP contribution in [0.5, 0.6) is 5.75 Å². The van der Waals surface area contributed by atoms with Gasteiger partial charge in [0, 0.05) is 11.1 Å². The summed E-state index contributed by atoms with van der Waals surface area (Å²) in [6, 6.07) is 12.1. The zero-order chi connectivity index (χ0) is 21.0. The summed E-state index contributed by atoms with van der Waals surface area (Å²) in [5.74, 6) is 0.812. The van der Waals surface area contributed by atoms with Gasteiger partial charge in [-0.1, -0.05) is 72.5 Å². The molecule has 6 nitrogen and oxygen atoms in total. The van der Waals surface area contributed by atoms with Gasteiger partial charge in [0.15, 0.2) is 5.75 Å². The van der Waals surface area contributed by atoms with Crippen LogP contribution in [0.15, 0.2) is 47.0 Å². The van der Waals surface area contributed by atoms with Crippen molar-refractivity contribution >= 4 is 29.1 Å². The van der Waals surface area contributed by atoms with E-state index in [-0.39, 0.29) is 21.9 Å². The second kappa shape index (κ2) is 9.29. The minimum absolute atomic E-state index is 0.0108. The molecule has 2 aromatic carbocycles. The summed E-state index contributed by atoms with van der Waals surface area (Å²) in [7, 11) is 0. The Hall–Kier alpha value is -2.57. The monoisotopic (exact) mass is 433 g/mol. The number of hydrogen-bond acceptors (Lipinski definition) is 5. The fraction of sp³-hybridized carbons (Fsp3) is 0.286. The molecule has 3 aromatic rings. The van der Waals surface area contributed by atoms with Gasteiger partial charge in [0.1, 0.15) is 6.04 Å². The molecule has 0 aliphatic carbocycles. The Kier molecular flexibility index (Phi) is 6.77. The topological polar surface area (TPSA) is 77.2 Å². The van der Waals surface area contributed by atoms with E-state index in [0.29, 0.717) is 29.6 Å². The van der Waals surface area contributed by atoms with Gasteiger partial charge in [0.05, 0.1) is 16.7 Å². The zero-order valence-electron chi connectivity index (χ0n) is 16.3. The number of hydrogen-bond donors (Lipinski definition) is 1. The molecule has 0 aliphatic heterocycles. The molecule has 0 saturated heterocycles. The molecule has 0 spiro atoms. The maximum absolute atomic E-state index is 12.8. The molecule has 0 fully saturated rings. The number of halogens is 2. The first kappa shape index (κ1) is 21.1. The van der Waals surface area contributed by atoms with Crippen molar-refractivity contribution in [2.24, 2.45) is 5.92 Å². The van der Waals surface area contributed by atoms with Crippen LogP contribution in [0.1, 0.15) is 43.1 Å². The first-order valence-corrected chi connectivity index (χ1v) is 9.98. The third kappa shape index (κ3) is 4.89. The molecular weight excluding hydrogens is 413 g/mol. The smallest absolute Gasteiger partial charge is 0.252 e. The van der Waals surface area contributed by atoms with Crippen LogP contribution in [0, 0.1) is 5.92 Å². The number of benzene rings is 2. The second-order valence-electron chi connectivity index (χ2n) is 6.72. The molecule has 0 radical (unpaired) electrons. The third-order valence-corrected chi connectivity index (χ3v) is 4.80. The highest BCUT2D eigenvalue weighted by atomic mass is 35.5. The molecule has 0 unspecified atom stereocenters. The highest BCUT2D eigenvalue weighted by Gasteiger charge is 2.26. The molecule has 0 saturated carbocycles. The van der Waals surface area contributed by atoms with Crippen LogP contribution >= 0.6 is 23.2 Å². The highest BCUT2D eigenvalue weighted by Crippen LogP contribution is 2.34. The lowest BCUT2D eigenvalue weighted by molar-refractivity contribution is 0.0914. The lowest BCUT2D eigenvalue weighted by Gasteiger charge is -2.19. The van der Waals surface area contributed by atoms with Crippen LogP contribution in [0.2, 0.25) is 10.0 Å². The van der Waals surface area contributed by atoms with E-state index in [1.165, 1.54) is 12.1 Å². The van der Waals surface area contributed by atoms with Crippen molar-refractivity contribution in [1.29, 1.82) is 0 Å². The molecule has 1 atom stereocenters. The van der Waals surface area contributed by atoms with Crippen LogP contribution in [-0.2, 0) is 0 Å². The Balaban J connectivity index is 1.83. The summed E-state index contributed by atoms with van der Waals surface area (Å²) in [5, 5.41) is 7.51. The summed E-state index contributed by atoms with van der Waals surface area (Å²) in [4.78, 5) is 17.3. The second-order valence-corrected chi connectivity index (χ2v) is 7.53. The average molecular weight is 434 g/mol. The molecular formula is C21H21Cl2N3O3. The van der Waals surface area contributed by atoms with Gasteiger partial charge in [0.2, 0.25) is 11.7 Å². The summed E-state index contributed by atoms with van der Waals surface area (Å²) < 4.78 is 10.8. The molecule has 1 heterocycles. The van der Waals surface area contributed by atoms with Gasteiger partial charge in [0.25, 0.3) is 5.91 Å². The van der Waals surface area contributed by atoms with Crippen LogP contribution in [0.4, 0.5) is 0 Å². The van der Waals surface area contributed by atoms with Gasteiger partial charge in [-0.2, -0.15) is 4.98 Å². The third-order valence-electron chi connectivity index (χ3n) is 4.24.